The predicted molar refractivity (Wildman–Crippen MR) is 127 cm³/mol. The molecule has 0 amide bonds. The number of nitrogens with two attached hydrogens (primary N) is 1. The number of pyridine rings is 1. The Morgan fingerprint density at radius 1 is 1.06 bits per heavy atom. The molecule has 5 rings (SSSR count). The van der Waals surface area contributed by atoms with Gasteiger partial charge in [-0.3, -0.25) is 9.55 Å². The molecule has 166 valence electrons. The Hall–Kier alpha value is -4.84. The quantitative estimate of drug-likeness (QED) is 0.400. The van der Waals surface area contributed by atoms with Crippen molar-refractivity contribution in [2.75, 3.05) is 11.1 Å². The molecule has 0 fully saturated rings. The van der Waals surface area contributed by atoms with Gasteiger partial charge in [-0.2, -0.15) is 5.26 Å². The van der Waals surface area contributed by atoms with Crippen molar-refractivity contribution in [3.05, 3.63) is 90.4 Å². The molecule has 0 saturated carbocycles. The average Bonchev–Trinajstić information content (AvgIpc) is 3.24. The number of rotatable bonds is 5. The van der Waals surface area contributed by atoms with E-state index in [9.17, 15) is 9.65 Å². The maximum atomic E-state index is 14.2. The van der Waals surface area contributed by atoms with Crippen LogP contribution >= 0.6 is 0 Å². The minimum atomic E-state index is -0.407. The van der Waals surface area contributed by atoms with E-state index in [1.54, 1.807) is 12.3 Å². The van der Waals surface area contributed by atoms with Gasteiger partial charge in [-0.25, -0.2) is 19.3 Å². The molecular formula is C25H19FN8. The lowest BCUT2D eigenvalue weighted by molar-refractivity contribution is 0.629. The zero-order chi connectivity index (χ0) is 23.7. The van der Waals surface area contributed by atoms with Gasteiger partial charge in [-0.1, -0.05) is 18.2 Å². The molecule has 3 aromatic heterocycles. The van der Waals surface area contributed by atoms with Crippen molar-refractivity contribution < 1.29 is 4.39 Å². The van der Waals surface area contributed by atoms with E-state index in [0.717, 1.165) is 16.9 Å². The van der Waals surface area contributed by atoms with Gasteiger partial charge in [0, 0.05) is 23.5 Å². The van der Waals surface area contributed by atoms with Gasteiger partial charge < -0.3 is 11.1 Å². The first-order valence-corrected chi connectivity index (χ1v) is 10.5. The van der Waals surface area contributed by atoms with Crippen LogP contribution in [0.2, 0.25) is 0 Å². The minimum absolute atomic E-state index is 0.0887. The molecule has 2 aromatic carbocycles. The second-order valence-electron chi connectivity index (χ2n) is 7.66. The SMILES string of the molecule is C[C@@H](Nc1ncnc(N)c1C#N)c1nc2ccc(F)cc2n1-c1cccc(-c2ccccn2)c1. The third-order valence-electron chi connectivity index (χ3n) is 5.44. The van der Waals surface area contributed by atoms with Crippen LogP contribution in [0.3, 0.4) is 0 Å². The van der Waals surface area contributed by atoms with Gasteiger partial charge in [0.05, 0.1) is 22.8 Å². The summed E-state index contributed by atoms with van der Waals surface area (Å²) >= 11 is 0. The Morgan fingerprint density at radius 2 is 1.94 bits per heavy atom. The van der Waals surface area contributed by atoms with Crippen molar-refractivity contribution in [2.24, 2.45) is 0 Å². The molecular weight excluding hydrogens is 431 g/mol. The van der Waals surface area contributed by atoms with Crippen LogP contribution in [-0.2, 0) is 0 Å². The normalized spacial score (nSPS) is 11.8. The molecule has 0 bridgehead atoms. The van der Waals surface area contributed by atoms with E-state index in [4.69, 9.17) is 10.7 Å². The molecule has 34 heavy (non-hydrogen) atoms. The van der Waals surface area contributed by atoms with Gasteiger partial charge in [0.15, 0.2) is 0 Å². The monoisotopic (exact) mass is 450 g/mol. The number of nitriles is 1. The smallest absolute Gasteiger partial charge is 0.150 e. The van der Waals surface area contributed by atoms with Crippen LogP contribution in [0.15, 0.2) is 73.2 Å². The highest BCUT2D eigenvalue weighted by atomic mass is 19.1. The number of imidazole rings is 1. The molecule has 1 atom stereocenters. The average molecular weight is 450 g/mol. The first-order chi connectivity index (χ1) is 16.5. The largest absolute Gasteiger partial charge is 0.382 e. The summed E-state index contributed by atoms with van der Waals surface area (Å²) in [4.78, 5) is 17.2. The maximum Gasteiger partial charge on any atom is 0.150 e. The Morgan fingerprint density at radius 3 is 2.74 bits per heavy atom. The van der Waals surface area contributed by atoms with Gasteiger partial charge in [0.2, 0.25) is 0 Å². The Kier molecular flexibility index (Phi) is 5.32. The summed E-state index contributed by atoms with van der Waals surface area (Å²) in [6.45, 7) is 1.89. The van der Waals surface area contributed by atoms with Crippen LogP contribution in [0.5, 0.6) is 0 Å². The summed E-state index contributed by atoms with van der Waals surface area (Å²) in [5, 5.41) is 12.7. The van der Waals surface area contributed by atoms with Crippen molar-refractivity contribution in [3.63, 3.8) is 0 Å². The van der Waals surface area contributed by atoms with E-state index in [-0.39, 0.29) is 17.2 Å². The van der Waals surface area contributed by atoms with E-state index in [1.165, 1.54) is 18.5 Å². The number of nitrogens with zero attached hydrogens (tertiary/aromatic N) is 6. The van der Waals surface area contributed by atoms with E-state index in [0.29, 0.717) is 22.7 Å². The van der Waals surface area contributed by atoms with Crippen molar-refractivity contribution in [1.29, 1.82) is 5.26 Å². The Labute approximate surface area is 194 Å². The summed E-state index contributed by atoms with van der Waals surface area (Å²) in [5.74, 6) is 0.636. The first-order valence-electron chi connectivity index (χ1n) is 10.5. The number of aromatic nitrogens is 5. The third kappa shape index (κ3) is 3.78. The molecule has 3 N–H and O–H groups in total. The lowest BCUT2D eigenvalue weighted by Gasteiger charge is -2.18. The maximum absolute atomic E-state index is 14.2. The van der Waals surface area contributed by atoms with Gasteiger partial charge in [0.25, 0.3) is 0 Å². The summed E-state index contributed by atoms with van der Waals surface area (Å²) in [6.07, 6.45) is 3.03. The molecule has 0 aliphatic rings. The van der Waals surface area contributed by atoms with Crippen molar-refractivity contribution in [2.45, 2.75) is 13.0 Å². The summed E-state index contributed by atoms with van der Waals surface area (Å²) < 4.78 is 16.1. The standard InChI is InChI=1S/C25H19FN8/c1-15(32-24-19(13-27)23(28)30-14-31-24)25-33-21-9-8-17(26)12-22(21)34(25)18-6-4-5-16(11-18)20-7-2-3-10-29-20/h2-12,14-15H,1H3,(H3,28,30,31,32)/t15-/m1/s1. The van der Waals surface area contributed by atoms with Crippen molar-refractivity contribution >= 4 is 22.7 Å². The Balaban J connectivity index is 1.65. The fourth-order valence-corrected chi connectivity index (χ4v) is 3.86. The summed E-state index contributed by atoms with van der Waals surface area (Å²) in [6, 6.07) is 19.6. The minimum Gasteiger partial charge on any atom is -0.382 e. The molecule has 3 heterocycles. The fraction of sp³-hybridized carbons (Fsp3) is 0.0800. The third-order valence-corrected chi connectivity index (χ3v) is 5.44. The molecule has 5 aromatic rings. The van der Waals surface area contributed by atoms with E-state index >= 15 is 0 Å². The predicted octanol–water partition coefficient (Wildman–Crippen LogP) is 4.64. The van der Waals surface area contributed by atoms with E-state index in [1.807, 2.05) is 60.0 Å². The number of nitrogens with one attached hydrogen (secondary N) is 1. The van der Waals surface area contributed by atoms with Crippen LogP contribution in [0.4, 0.5) is 16.0 Å². The van der Waals surface area contributed by atoms with Crippen molar-refractivity contribution in [3.8, 4) is 23.0 Å². The van der Waals surface area contributed by atoms with Crippen LogP contribution in [-0.4, -0.2) is 24.5 Å². The number of hydrogen-bond donors (Lipinski definition) is 2. The molecule has 0 aliphatic carbocycles. The zero-order valence-corrected chi connectivity index (χ0v) is 18.1. The second kappa shape index (κ2) is 8.60. The number of hydrogen-bond acceptors (Lipinski definition) is 7. The topological polar surface area (TPSA) is 118 Å². The lowest BCUT2D eigenvalue weighted by atomic mass is 10.1. The van der Waals surface area contributed by atoms with Gasteiger partial charge >= 0.3 is 0 Å². The lowest BCUT2D eigenvalue weighted by Crippen LogP contribution is -2.15. The zero-order valence-electron chi connectivity index (χ0n) is 18.1. The highest BCUT2D eigenvalue weighted by Gasteiger charge is 2.21. The van der Waals surface area contributed by atoms with Crippen LogP contribution in [0, 0.1) is 17.1 Å². The molecule has 9 heteroatoms. The van der Waals surface area contributed by atoms with Crippen LogP contribution in [0.25, 0.3) is 28.0 Å². The number of halogens is 1. The van der Waals surface area contributed by atoms with E-state index < -0.39 is 6.04 Å². The molecule has 8 nitrogen and oxygen atoms in total. The highest BCUT2D eigenvalue weighted by Crippen LogP contribution is 2.30. The molecule has 0 aliphatic heterocycles. The van der Waals surface area contributed by atoms with Gasteiger partial charge in [0.1, 0.15) is 41.2 Å². The summed E-state index contributed by atoms with van der Waals surface area (Å²) in [7, 11) is 0. The number of nitrogen functional groups attached to an aromatic ring is 1. The van der Waals surface area contributed by atoms with Crippen LogP contribution in [0.1, 0.15) is 24.4 Å². The Bertz CT molecular complexity index is 1540. The fourth-order valence-electron chi connectivity index (χ4n) is 3.86. The number of benzene rings is 2. The highest BCUT2D eigenvalue weighted by molar-refractivity contribution is 5.79. The second-order valence-corrected chi connectivity index (χ2v) is 7.66. The first kappa shape index (κ1) is 21.0. The molecule has 0 unspecified atom stereocenters. The number of fused-ring (bicyclic) bond motifs is 1. The molecule has 0 saturated heterocycles. The van der Waals surface area contributed by atoms with Gasteiger partial charge in [-0.05, 0) is 43.3 Å². The van der Waals surface area contributed by atoms with Crippen molar-refractivity contribution in [1.82, 2.24) is 24.5 Å². The van der Waals surface area contributed by atoms with Crippen LogP contribution < -0.4 is 11.1 Å². The molecule has 0 spiro atoms. The number of anilines is 2. The summed E-state index contributed by atoms with van der Waals surface area (Å²) in [5.41, 5.74) is 9.77. The van der Waals surface area contributed by atoms with E-state index in [2.05, 4.69) is 20.3 Å². The van der Waals surface area contributed by atoms with Gasteiger partial charge in [-0.15, -0.1) is 0 Å². The molecule has 0 radical (unpaired) electrons.